The summed E-state index contributed by atoms with van der Waals surface area (Å²) >= 11 is 2.54. The summed E-state index contributed by atoms with van der Waals surface area (Å²) in [7, 11) is -3.71. The molecule has 3 aromatic rings. The Hall–Kier alpha value is -2.34. The molecule has 1 aliphatic rings. The van der Waals surface area contributed by atoms with E-state index >= 15 is 0 Å². The van der Waals surface area contributed by atoms with Crippen LogP contribution in [-0.2, 0) is 21.2 Å². The van der Waals surface area contributed by atoms with Crippen molar-refractivity contribution in [3.63, 3.8) is 0 Å². The average Bonchev–Trinajstić information content (AvgIpc) is 3.23. The fourth-order valence-electron chi connectivity index (χ4n) is 3.62. The average molecular weight is 479 g/mol. The topological polar surface area (TPSA) is 122 Å². The standard InChI is InChI=1S/C20H22N4O4S3/c21-31(27,28)15-5-3-13(4-6-15)7-9-22-18(25)14-2-1-10-24(12-14)20-23-16-8-11-29-17(16)19(26)30-20/h3-6,8,11,14H,1-2,7,9-10,12H2,(H,22,25)(H2,21,27,28)/t14-/m1/s1. The first-order chi connectivity index (χ1) is 14.8. The summed E-state index contributed by atoms with van der Waals surface area (Å²) < 4.78 is 23.3. The van der Waals surface area contributed by atoms with Crippen molar-refractivity contribution in [3.05, 3.63) is 50.8 Å². The van der Waals surface area contributed by atoms with Gasteiger partial charge >= 0.3 is 0 Å². The molecular weight excluding hydrogens is 456 g/mol. The first-order valence-corrected chi connectivity index (χ1v) is 13.1. The normalized spacial score (nSPS) is 17.1. The second-order valence-electron chi connectivity index (χ2n) is 7.43. The van der Waals surface area contributed by atoms with Crippen molar-refractivity contribution in [1.82, 2.24) is 10.3 Å². The van der Waals surface area contributed by atoms with Crippen LogP contribution in [-0.4, -0.2) is 38.9 Å². The van der Waals surface area contributed by atoms with Gasteiger partial charge in [-0.2, -0.15) is 0 Å². The number of aromatic nitrogens is 1. The molecule has 8 nitrogen and oxygen atoms in total. The molecule has 0 bridgehead atoms. The minimum Gasteiger partial charge on any atom is -0.355 e. The van der Waals surface area contributed by atoms with E-state index < -0.39 is 10.0 Å². The van der Waals surface area contributed by atoms with Crippen molar-refractivity contribution < 1.29 is 13.2 Å². The number of anilines is 1. The maximum Gasteiger partial charge on any atom is 0.255 e. The van der Waals surface area contributed by atoms with E-state index in [1.807, 2.05) is 16.3 Å². The number of nitrogens with zero attached hydrogens (tertiary/aromatic N) is 2. The Balaban J connectivity index is 1.34. The number of thiophene rings is 1. The highest BCUT2D eigenvalue weighted by Gasteiger charge is 2.27. The summed E-state index contributed by atoms with van der Waals surface area (Å²) in [6, 6.07) is 8.18. The van der Waals surface area contributed by atoms with E-state index in [2.05, 4.69) is 10.3 Å². The Morgan fingerprint density at radius 2 is 2.03 bits per heavy atom. The van der Waals surface area contributed by atoms with Crippen LogP contribution < -0.4 is 20.1 Å². The Kier molecular flexibility index (Phi) is 6.37. The number of carbonyl (C=O) groups excluding carboxylic acids is 1. The third kappa shape index (κ3) is 5.12. The van der Waals surface area contributed by atoms with Crippen LogP contribution in [0.25, 0.3) is 10.2 Å². The van der Waals surface area contributed by atoms with Gasteiger partial charge < -0.3 is 10.2 Å². The van der Waals surface area contributed by atoms with Crippen molar-refractivity contribution in [1.29, 1.82) is 0 Å². The van der Waals surface area contributed by atoms with E-state index in [0.29, 0.717) is 34.9 Å². The largest absolute Gasteiger partial charge is 0.355 e. The number of primary sulfonamides is 1. The summed E-state index contributed by atoms with van der Waals surface area (Å²) in [5.41, 5.74) is 1.62. The molecule has 1 aromatic carbocycles. The summed E-state index contributed by atoms with van der Waals surface area (Å²) in [5, 5.41) is 10.6. The molecule has 1 fully saturated rings. The number of carbonyl (C=O) groups is 1. The van der Waals surface area contributed by atoms with Gasteiger partial charge in [-0.3, -0.25) is 9.59 Å². The van der Waals surface area contributed by atoms with E-state index in [4.69, 9.17) is 5.14 Å². The minimum atomic E-state index is -3.71. The lowest BCUT2D eigenvalue weighted by molar-refractivity contribution is -0.125. The number of piperidine rings is 1. The lowest BCUT2D eigenvalue weighted by atomic mass is 9.97. The van der Waals surface area contributed by atoms with Gasteiger partial charge in [0.05, 0.1) is 16.3 Å². The van der Waals surface area contributed by atoms with Gasteiger partial charge in [0.1, 0.15) is 4.70 Å². The van der Waals surface area contributed by atoms with Crippen molar-refractivity contribution in [2.24, 2.45) is 11.1 Å². The molecule has 1 saturated heterocycles. The van der Waals surface area contributed by atoms with Crippen LogP contribution in [0.5, 0.6) is 0 Å². The third-order valence-corrected chi connectivity index (χ3v) is 8.14. The van der Waals surface area contributed by atoms with Gasteiger partial charge in [-0.05, 0) is 48.4 Å². The molecule has 0 radical (unpaired) electrons. The first-order valence-electron chi connectivity index (χ1n) is 9.84. The van der Waals surface area contributed by atoms with Gasteiger partial charge in [0, 0.05) is 19.6 Å². The van der Waals surface area contributed by atoms with Crippen LogP contribution in [0, 0.1) is 5.92 Å². The van der Waals surface area contributed by atoms with Crippen molar-refractivity contribution in [2.75, 3.05) is 24.5 Å². The maximum atomic E-state index is 12.7. The summed E-state index contributed by atoms with van der Waals surface area (Å²) in [6.45, 7) is 1.77. The summed E-state index contributed by atoms with van der Waals surface area (Å²) in [4.78, 5) is 31.7. The van der Waals surface area contributed by atoms with Gasteiger partial charge in [0.15, 0.2) is 5.13 Å². The van der Waals surface area contributed by atoms with Crippen LogP contribution in [0.4, 0.5) is 5.13 Å². The summed E-state index contributed by atoms with van der Waals surface area (Å²) in [5.74, 6) is -0.185. The molecule has 1 atom stereocenters. The number of hydrogen-bond acceptors (Lipinski definition) is 8. The van der Waals surface area contributed by atoms with Gasteiger partial charge in [0.25, 0.3) is 4.74 Å². The smallest absolute Gasteiger partial charge is 0.255 e. The molecule has 11 heteroatoms. The molecule has 0 aliphatic carbocycles. The number of amides is 1. The molecule has 0 saturated carbocycles. The molecule has 3 heterocycles. The molecule has 164 valence electrons. The van der Waals surface area contributed by atoms with Gasteiger partial charge in [-0.1, -0.05) is 23.5 Å². The number of benzene rings is 1. The van der Waals surface area contributed by atoms with Crippen molar-refractivity contribution >= 4 is 54.0 Å². The number of nitrogens with two attached hydrogens (primary N) is 1. The monoisotopic (exact) mass is 478 g/mol. The van der Waals surface area contributed by atoms with Crippen LogP contribution in [0.1, 0.15) is 18.4 Å². The Morgan fingerprint density at radius 1 is 1.26 bits per heavy atom. The number of rotatable bonds is 6. The lowest BCUT2D eigenvalue weighted by Gasteiger charge is -2.32. The highest BCUT2D eigenvalue weighted by atomic mass is 32.2. The fraction of sp³-hybridized carbons (Fsp3) is 0.350. The molecule has 2 aromatic heterocycles. The zero-order valence-electron chi connectivity index (χ0n) is 16.6. The van der Waals surface area contributed by atoms with Crippen molar-refractivity contribution in [2.45, 2.75) is 24.2 Å². The molecule has 0 unspecified atom stereocenters. The number of fused-ring (bicyclic) bond motifs is 1. The Labute approximate surface area is 187 Å². The van der Waals surface area contributed by atoms with E-state index in [1.54, 1.807) is 12.1 Å². The van der Waals surface area contributed by atoms with E-state index in [1.165, 1.54) is 23.5 Å². The van der Waals surface area contributed by atoms with Crippen LogP contribution in [0.15, 0.2) is 45.4 Å². The van der Waals surface area contributed by atoms with Gasteiger partial charge in [-0.15, -0.1) is 11.3 Å². The molecule has 1 aliphatic heterocycles. The third-order valence-electron chi connectivity index (χ3n) is 5.26. The quantitative estimate of drug-likeness (QED) is 0.558. The van der Waals surface area contributed by atoms with Crippen molar-refractivity contribution in [3.8, 4) is 0 Å². The molecule has 4 rings (SSSR count). The minimum absolute atomic E-state index is 0.00929. The Morgan fingerprint density at radius 3 is 2.77 bits per heavy atom. The molecular formula is C20H22N4O4S3. The zero-order valence-corrected chi connectivity index (χ0v) is 19.1. The highest BCUT2D eigenvalue weighted by molar-refractivity contribution is 7.89. The number of sulfonamides is 1. The molecule has 0 spiro atoms. The van der Waals surface area contributed by atoms with Crippen LogP contribution in [0.3, 0.4) is 0 Å². The first kappa shape index (κ1) is 21.9. The van der Waals surface area contributed by atoms with Gasteiger partial charge in [-0.25, -0.2) is 18.5 Å². The van der Waals surface area contributed by atoms with E-state index in [9.17, 15) is 18.0 Å². The second-order valence-corrected chi connectivity index (χ2v) is 10.9. The predicted octanol–water partition coefficient (Wildman–Crippen LogP) is 1.94. The lowest BCUT2D eigenvalue weighted by Crippen LogP contribution is -2.43. The SMILES string of the molecule is NS(=O)(=O)c1ccc(CCNC(=O)[C@@H]2CCCN(c3nc4ccsc4c(=O)s3)C2)cc1. The maximum absolute atomic E-state index is 12.7. The second kappa shape index (κ2) is 9.03. The van der Waals surface area contributed by atoms with E-state index in [-0.39, 0.29) is 21.5 Å². The molecule has 1 amide bonds. The highest BCUT2D eigenvalue weighted by Crippen LogP contribution is 2.26. The number of hydrogen-bond donors (Lipinski definition) is 2. The fourth-order valence-corrected chi connectivity index (χ4v) is 5.87. The van der Waals surface area contributed by atoms with Crippen LogP contribution >= 0.6 is 22.7 Å². The Bertz CT molecular complexity index is 1250. The van der Waals surface area contributed by atoms with E-state index in [0.717, 1.165) is 36.3 Å². The zero-order chi connectivity index (χ0) is 22.0. The predicted molar refractivity (Wildman–Crippen MR) is 123 cm³/mol. The van der Waals surface area contributed by atoms with Gasteiger partial charge in [0.2, 0.25) is 15.9 Å². The number of nitrogens with one attached hydrogen (secondary N) is 1. The molecule has 3 N–H and O–H groups in total. The molecule has 31 heavy (non-hydrogen) atoms. The van der Waals surface area contributed by atoms with Crippen LogP contribution in [0.2, 0.25) is 0 Å². The summed E-state index contributed by atoms with van der Waals surface area (Å²) in [6.07, 6.45) is 2.24.